The summed E-state index contributed by atoms with van der Waals surface area (Å²) < 4.78 is 34.2. The number of nitrogens with zero attached hydrogens (tertiary/aromatic N) is 1. The Balaban J connectivity index is 2.03. The topological polar surface area (TPSA) is 47.3 Å². The smallest absolute Gasteiger partial charge is 0.387 e. The molecule has 2 rings (SSSR count). The molecule has 0 amide bonds. The van der Waals surface area contributed by atoms with Gasteiger partial charge in [0, 0.05) is 11.6 Å². The molecule has 1 unspecified atom stereocenters. The lowest BCUT2D eigenvalue weighted by atomic mass is 10.1. The van der Waals surface area contributed by atoms with Crippen molar-refractivity contribution < 1.29 is 17.9 Å². The maximum atomic E-state index is 12.3. The number of para-hydroxylation sites is 1. The number of alkyl halides is 2. The van der Waals surface area contributed by atoms with E-state index in [1.165, 1.54) is 12.5 Å². The van der Waals surface area contributed by atoms with Gasteiger partial charge in [0.1, 0.15) is 11.5 Å². The van der Waals surface area contributed by atoms with Crippen LogP contribution in [0.2, 0.25) is 0 Å². The quantitative estimate of drug-likeness (QED) is 0.874. The number of oxazole rings is 1. The first-order valence-corrected chi connectivity index (χ1v) is 5.81. The van der Waals surface area contributed by atoms with E-state index < -0.39 is 6.61 Å². The van der Waals surface area contributed by atoms with E-state index in [-0.39, 0.29) is 11.8 Å². The highest BCUT2D eigenvalue weighted by molar-refractivity contribution is 5.35. The Kier molecular flexibility index (Phi) is 4.46. The molecular formula is C13H14F2N2O2. The number of benzene rings is 1. The van der Waals surface area contributed by atoms with Gasteiger partial charge in [0.15, 0.2) is 6.39 Å². The van der Waals surface area contributed by atoms with E-state index in [0.29, 0.717) is 17.9 Å². The van der Waals surface area contributed by atoms with E-state index in [0.717, 1.165) is 0 Å². The van der Waals surface area contributed by atoms with Crippen LogP contribution in [0.4, 0.5) is 8.78 Å². The van der Waals surface area contributed by atoms with Gasteiger partial charge in [-0.2, -0.15) is 8.78 Å². The van der Waals surface area contributed by atoms with Gasteiger partial charge in [0.05, 0.1) is 12.7 Å². The first-order chi connectivity index (χ1) is 9.16. The van der Waals surface area contributed by atoms with E-state index in [1.54, 1.807) is 24.4 Å². The van der Waals surface area contributed by atoms with E-state index in [4.69, 9.17) is 4.42 Å². The molecule has 1 N–H and O–H groups in total. The highest BCUT2D eigenvalue weighted by atomic mass is 19.3. The lowest BCUT2D eigenvalue weighted by Crippen LogP contribution is -2.19. The third-order valence-corrected chi connectivity index (χ3v) is 2.67. The molecule has 0 saturated carbocycles. The largest absolute Gasteiger partial charge is 0.447 e. The van der Waals surface area contributed by atoms with Crippen molar-refractivity contribution in [3.8, 4) is 5.75 Å². The van der Waals surface area contributed by atoms with Crippen LogP contribution < -0.4 is 10.1 Å². The Hall–Kier alpha value is -1.95. The summed E-state index contributed by atoms with van der Waals surface area (Å²) in [6.45, 7) is -0.503. The number of nitrogens with one attached hydrogen (secondary N) is 1. The van der Waals surface area contributed by atoms with Crippen molar-refractivity contribution in [1.82, 2.24) is 10.3 Å². The molecule has 1 aromatic heterocycles. The molecule has 1 heterocycles. The van der Waals surface area contributed by atoms with Crippen molar-refractivity contribution in [3.05, 3.63) is 48.2 Å². The zero-order chi connectivity index (χ0) is 13.7. The average Bonchev–Trinajstić information content (AvgIpc) is 2.89. The molecule has 102 valence electrons. The minimum absolute atomic E-state index is 0.153. The molecule has 0 fully saturated rings. The lowest BCUT2D eigenvalue weighted by Gasteiger charge is -2.17. The summed E-state index contributed by atoms with van der Waals surface area (Å²) in [5.74, 6) is 0.856. The molecular weight excluding hydrogens is 254 g/mol. The summed E-state index contributed by atoms with van der Waals surface area (Å²) in [4.78, 5) is 3.80. The molecule has 0 aliphatic heterocycles. The number of hydrogen-bond acceptors (Lipinski definition) is 4. The van der Waals surface area contributed by atoms with E-state index in [9.17, 15) is 8.78 Å². The fourth-order valence-electron chi connectivity index (χ4n) is 1.73. The molecule has 0 bridgehead atoms. The molecule has 4 nitrogen and oxygen atoms in total. The Labute approximate surface area is 109 Å². The van der Waals surface area contributed by atoms with Crippen molar-refractivity contribution in [3.63, 3.8) is 0 Å². The van der Waals surface area contributed by atoms with Gasteiger partial charge in [-0.1, -0.05) is 18.2 Å². The molecule has 1 aromatic carbocycles. The van der Waals surface area contributed by atoms with Crippen LogP contribution in [-0.4, -0.2) is 11.6 Å². The molecule has 6 heteroatoms. The van der Waals surface area contributed by atoms with Crippen LogP contribution in [0.25, 0.3) is 0 Å². The summed E-state index contributed by atoms with van der Waals surface area (Å²) >= 11 is 0. The number of rotatable bonds is 6. The van der Waals surface area contributed by atoms with Crippen molar-refractivity contribution in [1.29, 1.82) is 0 Å². The summed E-state index contributed by atoms with van der Waals surface area (Å²) in [7, 11) is 0. The fraction of sp³-hybridized carbons (Fsp3) is 0.308. The number of halogens is 2. The normalized spacial score (nSPS) is 12.6. The third kappa shape index (κ3) is 3.75. The summed E-state index contributed by atoms with van der Waals surface area (Å²) in [6, 6.07) is 6.55. The third-order valence-electron chi connectivity index (χ3n) is 2.67. The van der Waals surface area contributed by atoms with Gasteiger partial charge in [-0.3, -0.25) is 0 Å². The van der Waals surface area contributed by atoms with E-state index >= 15 is 0 Å². The van der Waals surface area contributed by atoms with Gasteiger partial charge in [-0.05, 0) is 13.0 Å². The predicted molar refractivity (Wildman–Crippen MR) is 64.8 cm³/mol. The van der Waals surface area contributed by atoms with Gasteiger partial charge in [-0.15, -0.1) is 0 Å². The van der Waals surface area contributed by atoms with E-state index in [1.807, 2.05) is 6.92 Å². The van der Waals surface area contributed by atoms with Gasteiger partial charge in [0.25, 0.3) is 0 Å². The molecule has 0 aliphatic rings. The Morgan fingerprint density at radius 3 is 2.84 bits per heavy atom. The van der Waals surface area contributed by atoms with Crippen molar-refractivity contribution >= 4 is 0 Å². The highest BCUT2D eigenvalue weighted by Crippen LogP contribution is 2.26. The number of ether oxygens (including phenoxy) is 1. The van der Waals surface area contributed by atoms with Crippen LogP contribution in [0.5, 0.6) is 5.75 Å². The van der Waals surface area contributed by atoms with Crippen LogP contribution in [-0.2, 0) is 6.54 Å². The van der Waals surface area contributed by atoms with Gasteiger partial charge < -0.3 is 14.5 Å². The van der Waals surface area contributed by atoms with Crippen molar-refractivity contribution in [2.45, 2.75) is 26.1 Å². The highest BCUT2D eigenvalue weighted by Gasteiger charge is 2.14. The van der Waals surface area contributed by atoms with E-state index in [2.05, 4.69) is 15.0 Å². The van der Waals surface area contributed by atoms with Crippen LogP contribution in [0.1, 0.15) is 24.3 Å². The Morgan fingerprint density at radius 2 is 2.16 bits per heavy atom. The van der Waals surface area contributed by atoms with Crippen molar-refractivity contribution in [2.75, 3.05) is 0 Å². The van der Waals surface area contributed by atoms with Crippen LogP contribution >= 0.6 is 0 Å². The van der Waals surface area contributed by atoms with Gasteiger partial charge in [-0.25, -0.2) is 4.98 Å². The fourth-order valence-corrected chi connectivity index (χ4v) is 1.73. The summed E-state index contributed by atoms with van der Waals surface area (Å²) in [5.41, 5.74) is 0.669. The average molecular weight is 268 g/mol. The number of hydrogen-bond donors (Lipinski definition) is 1. The Morgan fingerprint density at radius 1 is 1.37 bits per heavy atom. The zero-order valence-electron chi connectivity index (χ0n) is 10.3. The van der Waals surface area contributed by atoms with Crippen LogP contribution in [0.15, 0.2) is 41.3 Å². The molecule has 0 saturated heterocycles. The standard InChI is InChI=1S/C13H14F2N2O2/c1-9(17-7-10-6-16-8-18-10)11-4-2-3-5-12(11)19-13(14)15/h2-6,8-9,13,17H,7H2,1H3. The minimum atomic E-state index is -2.83. The SMILES string of the molecule is CC(NCc1cnco1)c1ccccc1OC(F)F. The lowest BCUT2D eigenvalue weighted by molar-refractivity contribution is -0.0506. The molecule has 2 aromatic rings. The van der Waals surface area contributed by atoms with Crippen LogP contribution in [0, 0.1) is 0 Å². The molecule has 19 heavy (non-hydrogen) atoms. The molecule has 0 aliphatic carbocycles. The number of aromatic nitrogens is 1. The second-order valence-electron chi connectivity index (χ2n) is 3.99. The zero-order valence-corrected chi connectivity index (χ0v) is 10.3. The first kappa shape index (κ1) is 13.5. The maximum absolute atomic E-state index is 12.3. The molecule has 0 radical (unpaired) electrons. The maximum Gasteiger partial charge on any atom is 0.387 e. The molecule has 0 spiro atoms. The second-order valence-corrected chi connectivity index (χ2v) is 3.99. The first-order valence-electron chi connectivity index (χ1n) is 5.81. The minimum Gasteiger partial charge on any atom is -0.447 e. The van der Waals surface area contributed by atoms with Crippen LogP contribution in [0.3, 0.4) is 0 Å². The van der Waals surface area contributed by atoms with Gasteiger partial charge in [0.2, 0.25) is 0 Å². The Bertz CT molecular complexity index is 503. The van der Waals surface area contributed by atoms with Crippen molar-refractivity contribution in [2.24, 2.45) is 0 Å². The molecule has 1 atom stereocenters. The summed E-state index contributed by atoms with van der Waals surface area (Å²) in [6.07, 6.45) is 2.94. The predicted octanol–water partition coefficient (Wildman–Crippen LogP) is 3.13. The van der Waals surface area contributed by atoms with Gasteiger partial charge >= 0.3 is 6.61 Å². The monoisotopic (exact) mass is 268 g/mol. The summed E-state index contributed by atoms with van der Waals surface area (Å²) in [5, 5.41) is 3.16. The second kappa shape index (κ2) is 6.29.